The van der Waals surface area contributed by atoms with Crippen molar-refractivity contribution in [3.05, 3.63) is 53.0 Å². The third kappa shape index (κ3) is 3.40. The Kier molecular flexibility index (Phi) is 4.46. The zero-order chi connectivity index (χ0) is 17.4. The predicted octanol–water partition coefficient (Wildman–Crippen LogP) is 3.50. The fourth-order valence-electron chi connectivity index (χ4n) is 4.49. The average Bonchev–Trinajstić information content (AvgIpc) is 2.99. The van der Waals surface area contributed by atoms with Crippen LogP contribution in [0.5, 0.6) is 0 Å². The van der Waals surface area contributed by atoms with Gasteiger partial charge in [0, 0.05) is 37.4 Å². The molecule has 2 unspecified atom stereocenters. The molecule has 0 amide bonds. The quantitative estimate of drug-likeness (QED) is 0.859. The fourth-order valence-corrected chi connectivity index (χ4v) is 4.49. The summed E-state index contributed by atoms with van der Waals surface area (Å²) in [4.78, 5) is 13.9. The molecule has 0 bridgehead atoms. The first-order valence-corrected chi connectivity index (χ1v) is 9.44. The van der Waals surface area contributed by atoms with Gasteiger partial charge >= 0.3 is 0 Å². The molecule has 0 saturated carbocycles. The largest absolute Gasteiger partial charge is 0.355 e. The molecule has 1 aromatic heterocycles. The molecule has 2 aliphatic rings. The van der Waals surface area contributed by atoms with E-state index in [0.29, 0.717) is 6.04 Å². The van der Waals surface area contributed by atoms with Crippen LogP contribution in [0, 0.1) is 26.7 Å². The van der Waals surface area contributed by atoms with Crippen LogP contribution >= 0.6 is 0 Å². The molecule has 2 atom stereocenters. The van der Waals surface area contributed by atoms with Crippen molar-refractivity contribution in [2.45, 2.75) is 46.2 Å². The van der Waals surface area contributed by atoms with Crippen molar-refractivity contribution >= 4 is 5.82 Å². The van der Waals surface area contributed by atoms with E-state index in [9.17, 15) is 0 Å². The number of piperidine rings is 1. The van der Waals surface area contributed by atoms with Crippen molar-refractivity contribution in [2.24, 2.45) is 5.92 Å². The predicted molar refractivity (Wildman–Crippen MR) is 102 cm³/mol. The first kappa shape index (κ1) is 16.5. The van der Waals surface area contributed by atoms with Crippen molar-refractivity contribution in [1.82, 2.24) is 14.9 Å². The number of hydrogen-bond donors (Lipinski definition) is 0. The molecule has 2 aliphatic heterocycles. The summed E-state index contributed by atoms with van der Waals surface area (Å²) in [6.07, 6.45) is 4.31. The molecule has 0 spiro atoms. The van der Waals surface area contributed by atoms with Gasteiger partial charge in [0.05, 0.1) is 0 Å². The Labute approximate surface area is 150 Å². The topological polar surface area (TPSA) is 32.3 Å². The number of aryl methyl sites for hydroxylation is 3. The van der Waals surface area contributed by atoms with Crippen LogP contribution in [-0.2, 0) is 6.54 Å². The number of aromatic nitrogens is 2. The highest BCUT2D eigenvalue weighted by atomic mass is 15.3. The minimum Gasteiger partial charge on any atom is -0.355 e. The van der Waals surface area contributed by atoms with Crippen LogP contribution in [0.4, 0.5) is 5.82 Å². The van der Waals surface area contributed by atoms with Crippen LogP contribution in [0.15, 0.2) is 30.6 Å². The summed E-state index contributed by atoms with van der Waals surface area (Å²) in [6, 6.07) is 9.62. The SMILES string of the molecule is Cc1ccc(CN2CCC3CCN(c4cc(C)ncn4)CC32)c(C)c1. The van der Waals surface area contributed by atoms with Gasteiger partial charge in [0.1, 0.15) is 12.1 Å². The van der Waals surface area contributed by atoms with Crippen molar-refractivity contribution in [1.29, 1.82) is 0 Å². The smallest absolute Gasteiger partial charge is 0.132 e. The lowest BCUT2D eigenvalue weighted by Crippen LogP contribution is -2.48. The van der Waals surface area contributed by atoms with Crippen molar-refractivity contribution < 1.29 is 0 Å². The molecule has 2 saturated heterocycles. The van der Waals surface area contributed by atoms with Crippen LogP contribution in [0.2, 0.25) is 0 Å². The number of rotatable bonds is 3. The highest BCUT2D eigenvalue weighted by Gasteiger charge is 2.38. The highest BCUT2D eigenvalue weighted by Crippen LogP contribution is 2.34. The molecule has 4 heteroatoms. The Balaban J connectivity index is 1.50. The lowest BCUT2D eigenvalue weighted by molar-refractivity contribution is 0.200. The third-order valence-electron chi connectivity index (χ3n) is 5.96. The van der Waals surface area contributed by atoms with E-state index in [2.05, 4.69) is 57.9 Å². The third-order valence-corrected chi connectivity index (χ3v) is 5.96. The normalized spacial score (nSPS) is 23.7. The number of anilines is 1. The summed E-state index contributed by atoms with van der Waals surface area (Å²) in [7, 11) is 0. The Bertz CT molecular complexity index is 757. The van der Waals surface area contributed by atoms with Gasteiger partial charge in [0.25, 0.3) is 0 Å². The van der Waals surface area contributed by atoms with Crippen LogP contribution < -0.4 is 4.90 Å². The number of benzene rings is 1. The Hall–Kier alpha value is -1.94. The van der Waals surface area contributed by atoms with Gasteiger partial charge in [-0.15, -0.1) is 0 Å². The first-order valence-electron chi connectivity index (χ1n) is 9.44. The number of likely N-dealkylation sites (tertiary alicyclic amines) is 1. The van der Waals surface area contributed by atoms with Gasteiger partial charge in [-0.2, -0.15) is 0 Å². The summed E-state index contributed by atoms with van der Waals surface area (Å²) >= 11 is 0. The minimum absolute atomic E-state index is 0.643. The van der Waals surface area contributed by atoms with Gasteiger partial charge in [0.2, 0.25) is 0 Å². The second kappa shape index (κ2) is 6.75. The van der Waals surface area contributed by atoms with E-state index in [1.54, 1.807) is 6.33 Å². The number of fused-ring (bicyclic) bond motifs is 1. The maximum Gasteiger partial charge on any atom is 0.132 e. The molecule has 2 fully saturated rings. The number of hydrogen-bond acceptors (Lipinski definition) is 4. The summed E-state index contributed by atoms with van der Waals surface area (Å²) in [5.41, 5.74) is 5.29. The molecule has 4 rings (SSSR count). The van der Waals surface area contributed by atoms with E-state index in [1.165, 1.54) is 36.1 Å². The standard InChI is InChI=1S/C21H28N4/c1-15-4-5-19(16(2)10-15)12-24-8-6-18-7-9-25(13-20(18)24)21-11-17(3)22-14-23-21/h4-5,10-11,14,18,20H,6-9,12-13H2,1-3H3. The van der Waals surface area contributed by atoms with E-state index < -0.39 is 0 Å². The minimum atomic E-state index is 0.643. The summed E-state index contributed by atoms with van der Waals surface area (Å²) in [6.45, 7) is 11.0. The average molecular weight is 336 g/mol. The van der Waals surface area contributed by atoms with Gasteiger partial charge in [-0.3, -0.25) is 4.90 Å². The summed E-state index contributed by atoms with van der Waals surface area (Å²) in [5.74, 6) is 1.93. The molecule has 3 heterocycles. The molecule has 25 heavy (non-hydrogen) atoms. The van der Waals surface area contributed by atoms with Crippen LogP contribution in [0.1, 0.15) is 35.2 Å². The molecule has 132 valence electrons. The molecule has 0 radical (unpaired) electrons. The zero-order valence-corrected chi connectivity index (χ0v) is 15.6. The van der Waals surface area contributed by atoms with Gasteiger partial charge in [-0.05, 0) is 57.2 Å². The zero-order valence-electron chi connectivity index (χ0n) is 15.6. The second-order valence-corrected chi connectivity index (χ2v) is 7.77. The summed E-state index contributed by atoms with van der Waals surface area (Å²) in [5, 5.41) is 0. The van der Waals surface area contributed by atoms with Crippen LogP contribution in [0.3, 0.4) is 0 Å². The molecular formula is C21H28N4. The maximum absolute atomic E-state index is 4.51. The first-order chi connectivity index (χ1) is 12.1. The number of nitrogens with zero attached hydrogens (tertiary/aromatic N) is 4. The highest BCUT2D eigenvalue weighted by molar-refractivity contribution is 5.40. The van der Waals surface area contributed by atoms with Crippen LogP contribution in [-0.4, -0.2) is 40.5 Å². The van der Waals surface area contributed by atoms with E-state index in [0.717, 1.165) is 37.1 Å². The van der Waals surface area contributed by atoms with Gasteiger partial charge < -0.3 is 4.90 Å². The van der Waals surface area contributed by atoms with Crippen molar-refractivity contribution in [3.8, 4) is 0 Å². The molecule has 2 aromatic rings. The Morgan fingerprint density at radius 1 is 1.04 bits per heavy atom. The van der Waals surface area contributed by atoms with Gasteiger partial charge in [0.15, 0.2) is 0 Å². The van der Waals surface area contributed by atoms with Crippen LogP contribution in [0.25, 0.3) is 0 Å². The Morgan fingerprint density at radius 3 is 2.68 bits per heavy atom. The second-order valence-electron chi connectivity index (χ2n) is 7.77. The van der Waals surface area contributed by atoms with E-state index >= 15 is 0 Å². The molecule has 0 N–H and O–H groups in total. The molecule has 1 aromatic carbocycles. The fraction of sp³-hybridized carbons (Fsp3) is 0.524. The lowest BCUT2D eigenvalue weighted by Gasteiger charge is -2.39. The monoisotopic (exact) mass is 336 g/mol. The van der Waals surface area contributed by atoms with E-state index in [4.69, 9.17) is 0 Å². The van der Waals surface area contributed by atoms with E-state index in [-0.39, 0.29) is 0 Å². The molecular weight excluding hydrogens is 308 g/mol. The summed E-state index contributed by atoms with van der Waals surface area (Å²) < 4.78 is 0. The van der Waals surface area contributed by atoms with Gasteiger partial charge in [-0.25, -0.2) is 9.97 Å². The maximum atomic E-state index is 4.51. The Morgan fingerprint density at radius 2 is 1.88 bits per heavy atom. The molecule has 0 aliphatic carbocycles. The lowest BCUT2D eigenvalue weighted by atomic mass is 9.92. The molecule has 4 nitrogen and oxygen atoms in total. The van der Waals surface area contributed by atoms with Crippen molar-refractivity contribution in [2.75, 3.05) is 24.5 Å². The van der Waals surface area contributed by atoms with Gasteiger partial charge in [-0.1, -0.05) is 23.8 Å². The van der Waals surface area contributed by atoms with Crippen molar-refractivity contribution in [3.63, 3.8) is 0 Å². The van der Waals surface area contributed by atoms with E-state index in [1.807, 2.05) is 6.92 Å².